The summed E-state index contributed by atoms with van der Waals surface area (Å²) >= 11 is 1.62. The minimum Gasteiger partial charge on any atom is -0.481 e. The van der Waals surface area contributed by atoms with Crippen LogP contribution >= 0.6 is 11.3 Å². The van der Waals surface area contributed by atoms with E-state index in [1.165, 1.54) is 5.56 Å². The Morgan fingerprint density at radius 3 is 2.82 bits per heavy atom. The maximum Gasteiger partial charge on any atom is 0.176 e. The van der Waals surface area contributed by atoms with Gasteiger partial charge in [0, 0.05) is 12.7 Å². The summed E-state index contributed by atoms with van der Waals surface area (Å²) in [6.07, 6.45) is 0. The summed E-state index contributed by atoms with van der Waals surface area (Å²) in [6, 6.07) is 2.05. The summed E-state index contributed by atoms with van der Waals surface area (Å²) in [7, 11) is 1.67. The largest absolute Gasteiger partial charge is 0.481 e. The second-order valence-corrected chi connectivity index (χ2v) is 3.11. The smallest absolute Gasteiger partial charge is 0.176 e. The standard InChI is InChI=1S/C8H12O2S/c1-7-3-6-11-8(7)10-5-4-9-2/h3,6H,4-5H2,1-2H3. The third-order valence-electron chi connectivity index (χ3n) is 1.34. The number of aryl methyl sites for hydroxylation is 1. The van der Waals surface area contributed by atoms with Crippen molar-refractivity contribution < 1.29 is 9.47 Å². The number of rotatable bonds is 4. The monoisotopic (exact) mass is 172 g/mol. The first-order valence-electron chi connectivity index (χ1n) is 3.50. The van der Waals surface area contributed by atoms with Gasteiger partial charge in [0.05, 0.1) is 6.61 Å². The van der Waals surface area contributed by atoms with E-state index in [0.717, 1.165) is 5.06 Å². The molecule has 1 aromatic heterocycles. The van der Waals surface area contributed by atoms with Crippen molar-refractivity contribution in [1.29, 1.82) is 0 Å². The van der Waals surface area contributed by atoms with Crippen LogP contribution in [-0.4, -0.2) is 20.3 Å². The molecule has 3 heteroatoms. The molecule has 0 aliphatic rings. The van der Waals surface area contributed by atoms with E-state index in [-0.39, 0.29) is 0 Å². The molecule has 1 rings (SSSR count). The molecule has 0 atom stereocenters. The fourth-order valence-corrected chi connectivity index (χ4v) is 1.53. The average Bonchev–Trinajstić information content (AvgIpc) is 2.37. The Balaban J connectivity index is 2.32. The lowest BCUT2D eigenvalue weighted by atomic mass is 10.4. The fraction of sp³-hybridized carbons (Fsp3) is 0.500. The van der Waals surface area contributed by atoms with Crippen molar-refractivity contribution in [3.05, 3.63) is 17.0 Å². The van der Waals surface area contributed by atoms with E-state index in [9.17, 15) is 0 Å². The molecule has 11 heavy (non-hydrogen) atoms. The van der Waals surface area contributed by atoms with Crippen LogP contribution in [0.3, 0.4) is 0 Å². The number of methoxy groups -OCH3 is 1. The van der Waals surface area contributed by atoms with E-state index in [0.29, 0.717) is 13.2 Å². The van der Waals surface area contributed by atoms with E-state index in [2.05, 4.69) is 0 Å². The minimum absolute atomic E-state index is 0.637. The lowest BCUT2D eigenvalue weighted by molar-refractivity contribution is 0.148. The molecule has 62 valence electrons. The van der Waals surface area contributed by atoms with Crippen molar-refractivity contribution in [1.82, 2.24) is 0 Å². The number of hydrogen-bond acceptors (Lipinski definition) is 3. The van der Waals surface area contributed by atoms with Crippen LogP contribution in [0.15, 0.2) is 11.4 Å². The van der Waals surface area contributed by atoms with E-state index in [1.54, 1.807) is 18.4 Å². The Labute approximate surface area is 70.8 Å². The van der Waals surface area contributed by atoms with Crippen LogP contribution < -0.4 is 4.74 Å². The summed E-state index contributed by atoms with van der Waals surface area (Å²) in [6.45, 7) is 3.33. The van der Waals surface area contributed by atoms with Crippen LogP contribution in [0.5, 0.6) is 5.06 Å². The van der Waals surface area contributed by atoms with Crippen LogP contribution in [0.2, 0.25) is 0 Å². The highest BCUT2D eigenvalue weighted by Crippen LogP contribution is 2.24. The number of hydrogen-bond donors (Lipinski definition) is 0. The Kier molecular flexibility index (Phi) is 3.39. The highest BCUT2D eigenvalue weighted by molar-refractivity contribution is 7.12. The quantitative estimate of drug-likeness (QED) is 0.647. The molecule has 2 nitrogen and oxygen atoms in total. The predicted molar refractivity (Wildman–Crippen MR) is 46.4 cm³/mol. The van der Waals surface area contributed by atoms with Crippen molar-refractivity contribution in [3.8, 4) is 5.06 Å². The molecule has 0 N–H and O–H groups in total. The molecule has 1 heterocycles. The topological polar surface area (TPSA) is 18.5 Å². The third kappa shape index (κ3) is 2.52. The Morgan fingerprint density at radius 1 is 1.45 bits per heavy atom. The molecule has 0 unspecified atom stereocenters. The number of thiophene rings is 1. The summed E-state index contributed by atoms with van der Waals surface area (Å²) in [5.41, 5.74) is 1.20. The normalized spacial score (nSPS) is 10.0. The molecule has 0 radical (unpaired) electrons. The van der Waals surface area contributed by atoms with Crippen LogP contribution in [0, 0.1) is 6.92 Å². The van der Waals surface area contributed by atoms with Crippen LogP contribution in [0.4, 0.5) is 0 Å². The van der Waals surface area contributed by atoms with Gasteiger partial charge in [0.15, 0.2) is 5.06 Å². The zero-order chi connectivity index (χ0) is 8.10. The molecule has 0 bridgehead atoms. The van der Waals surface area contributed by atoms with Crippen LogP contribution in [-0.2, 0) is 4.74 Å². The SMILES string of the molecule is COCCOc1sccc1C. The molecule has 0 spiro atoms. The van der Waals surface area contributed by atoms with E-state index in [4.69, 9.17) is 9.47 Å². The summed E-state index contributed by atoms with van der Waals surface area (Å²) in [5, 5.41) is 3.03. The van der Waals surface area contributed by atoms with Crippen molar-refractivity contribution in [2.45, 2.75) is 6.92 Å². The average molecular weight is 172 g/mol. The summed E-state index contributed by atoms with van der Waals surface area (Å²) in [5.74, 6) is 0. The van der Waals surface area contributed by atoms with Gasteiger partial charge in [-0.15, -0.1) is 11.3 Å². The van der Waals surface area contributed by atoms with Gasteiger partial charge in [-0.25, -0.2) is 0 Å². The molecule has 0 fully saturated rings. The zero-order valence-electron chi connectivity index (χ0n) is 6.79. The lowest BCUT2D eigenvalue weighted by Gasteiger charge is -2.02. The number of ether oxygens (including phenoxy) is 2. The highest BCUT2D eigenvalue weighted by Gasteiger charge is 1.98. The minimum atomic E-state index is 0.637. The third-order valence-corrected chi connectivity index (χ3v) is 2.26. The van der Waals surface area contributed by atoms with Gasteiger partial charge in [-0.1, -0.05) is 0 Å². The molecular formula is C8H12O2S. The molecule has 0 aromatic carbocycles. The highest BCUT2D eigenvalue weighted by atomic mass is 32.1. The Bertz CT molecular complexity index is 208. The van der Waals surface area contributed by atoms with Gasteiger partial charge in [-0.3, -0.25) is 0 Å². The maximum absolute atomic E-state index is 5.41. The lowest BCUT2D eigenvalue weighted by Crippen LogP contribution is -2.03. The molecule has 0 amide bonds. The molecule has 0 saturated carbocycles. The van der Waals surface area contributed by atoms with E-state index < -0.39 is 0 Å². The van der Waals surface area contributed by atoms with Gasteiger partial charge < -0.3 is 9.47 Å². The van der Waals surface area contributed by atoms with Gasteiger partial charge in [0.25, 0.3) is 0 Å². The van der Waals surface area contributed by atoms with Crippen LogP contribution in [0.25, 0.3) is 0 Å². The van der Waals surface area contributed by atoms with Gasteiger partial charge in [-0.2, -0.15) is 0 Å². The predicted octanol–water partition coefficient (Wildman–Crippen LogP) is 2.08. The molecule has 0 aliphatic heterocycles. The second kappa shape index (κ2) is 4.36. The van der Waals surface area contributed by atoms with Crippen molar-refractivity contribution in [3.63, 3.8) is 0 Å². The molecular weight excluding hydrogens is 160 g/mol. The maximum atomic E-state index is 5.41. The summed E-state index contributed by atoms with van der Waals surface area (Å²) < 4.78 is 10.3. The fourth-order valence-electron chi connectivity index (χ4n) is 0.724. The first kappa shape index (κ1) is 8.56. The van der Waals surface area contributed by atoms with Gasteiger partial charge in [-0.05, 0) is 18.4 Å². The van der Waals surface area contributed by atoms with Gasteiger partial charge in [0.2, 0.25) is 0 Å². The van der Waals surface area contributed by atoms with E-state index in [1.807, 2.05) is 18.4 Å². The Hall–Kier alpha value is -0.540. The molecule has 0 aliphatic carbocycles. The molecule has 1 aromatic rings. The Morgan fingerprint density at radius 2 is 2.27 bits per heavy atom. The molecule has 0 saturated heterocycles. The van der Waals surface area contributed by atoms with E-state index >= 15 is 0 Å². The first-order valence-corrected chi connectivity index (χ1v) is 4.38. The van der Waals surface area contributed by atoms with Crippen molar-refractivity contribution >= 4 is 11.3 Å². The van der Waals surface area contributed by atoms with Crippen molar-refractivity contribution in [2.75, 3.05) is 20.3 Å². The van der Waals surface area contributed by atoms with Crippen molar-refractivity contribution in [2.24, 2.45) is 0 Å². The van der Waals surface area contributed by atoms with Gasteiger partial charge in [0.1, 0.15) is 6.61 Å². The summed E-state index contributed by atoms with van der Waals surface area (Å²) in [4.78, 5) is 0. The van der Waals surface area contributed by atoms with Crippen LogP contribution in [0.1, 0.15) is 5.56 Å². The second-order valence-electron chi connectivity index (χ2n) is 2.23. The first-order chi connectivity index (χ1) is 5.34. The zero-order valence-corrected chi connectivity index (χ0v) is 7.61. The van der Waals surface area contributed by atoms with Gasteiger partial charge >= 0.3 is 0 Å².